The van der Waals surface area contributed by atoms with Crippen LogP contribution in [0.25, 0.3) is 5.69 Å². The van der Waals surface area contributed by atoms with E-state index in [1.807, 2.05) is 35.8 Å². The Balaban J connectivity index is 2.59. The van der Waals surface area contributed by atoms with Gasteiger partial charge >= 0.3 is 0 Å². The summed E-state index contributed by atoms with van der Waals surface area (Å²) in [7, 11) is 1.64. The molecule has 2 aromatic rings. The highest BCUT2D eigenvalue weighted by atomic mass is 32.1. The van der Waals surface area contributed by atoms with Gasteiger partial charge in [-0.15, -0.1) is 0 Å². The highest BCUT2D eigenvalue weighted by molar-refractivity contribution is 7.71. The molecule has 4 nitrogen and oxygen atoms in total. The first-order valence-corrected chi connectivity index (χ1v) is 4.91. The Morgan fingerprint density at radius 2 is 2.27 bits per heavy atom. The summed E-state index contributed by atoms with van der Waals surface area (Å²) in [6.45, 7) is 1.89. The van der Waals surface area contributed by atoms with Gasteiger partial charge in [0.15, 0.2) is 4.77 Å². The van der Waals surface area contributed by atoms with Gasteiger partial charge in [0.25, 0.3) is 0 Å². The zero-order chi connectivity index (χ0) is 10.8. The predicted octanol–water partition coefficient (Wildman–Crippen LogP) is 2.25. The molecule has 2 rings (SSSR count). The minimum absolute atomic E-state index is 0.584. The second kappa shape index (κ2) is 3.86. The minimum atomic E-state index is 0.584. The molecule has 0 unspecified atom stereocenters. The molecule has 5 heteroatoms. The van der Waals surface area contributed by atoms with Crippen LogP contribution in [-0.4, -0.2) is 21.9 Å². The fraction of sp³-hybridized carbons (Fsp3) is 0.200. The summed E-state index contributed by atoms with van der Waals surface area (Å²) >= 11 is 5.14. The topological polar surface area (TPSA) is 42.8 Å². The quantitative estimate of drug-likeness (QED) is 0.791. The average Bonchev–Trinajstić information content (AvgIpc) is 2.59. The second-order valence-electron chi connectivity index (χ2n) is 3.11. The van der Waals surface area contributed by atoms with Gasteiger partial charge in [-0.1, -0.05) is 6.07 Å². The summed E-state index contributed by atoms with van der Waals surface area (Å²) in [6.07, 6.45) is 0. The molecule has 0 atom stereocenters. The van der Waals surface area contributed by atoms with Gasteiger partial charge in [0.2, 0.25) is 0 Å². The summed E-state index contributed by atoms with van der Waals surface area (Å²) in [4.78, 5) is 0. The maximum Gasteiger partial charge on any atom is 0.199 e. The van der Waals surface area contributed by atoms with Crippen LogP contribution in [0.5, 0.6) is 5.75 Å². The van der Waals surface area contributed by atoms with Crippen molar-refractivity contribution >= 4 is 12.2 Å². The number of aryl methyl sites for hydroxylation is 1. The van der Waals surface area contributed by atoms with Crippen LogP contribution >= 0.6 is 12.2 Å². The van der Waals surface area contributed by atoms with Crippen LogP contribution in [0.1, 0.15) is 5.82 Å². The molecule has 78 valence electrons. The molecule has 0 radical (unpaired) electrons. The van der Waals surface area contributed by atoms with Crippen molar-refractivity contribution in [2.75, 3.05) is 7.11 Å². The Morgan fingerprint density at radius 3 is 2.87 bits per heavy atom. The van der Waals surface area contributed by atoms with Gasteiger partial charge in [-0.25, -0.2) is 0 Å². The van der Waals surface area contributed by atoms with Gasteiger partial charge in [0.1, 0.15) is 11.6 Å². The third-order valence-corrected chi connectivity index (χ3v) is 2.43. The van der Waals surface area contributed by atoms with Crippen molar-refractivity contribution in [3.8, 4) is 11.4 Å². The van der Waals surface area contributed by atoms with Crippen LogP contribution < -0.4 is 4.74 Å². The molecular formula is C10H11N3OS. The van der Waals surface area contributed by atoms with Crippen molar-refractivity contribution in [3.05, 3.63) is 34.9 Å². The third-order valence-electron chi connectivity index (χ3n) is 2.15. The number of nitrogens with one attached hydrogen (secondary N) is 1. The van der Waals surface area contributed by atoms with Crippen LogP contribution in [0.4, 0.5) is 0 Å². The molecule has 1 N–H and O–H groups in total. The first-order chi connectivity index (χ1) is 7.22. The summed E-state index contributed by atoms with van der Waals surface area (Å²) in [5.41, 5.74) is 0.950. The standard InChI is InChI=1S/C10H11N3OS/c1-7-11-12-10(15)13(7)8-4-3-5-9(6-8)14-2/h3-6H,1-2H3,(H,12,15). The Morgan fingerprint density at radius 1 is 1.47 bits per heavy atom. The Labute approximate surface area is 92.5 Å². The van der Waals surface area contributed by atoms with E-state index in [1.165, 1.54) is 0 Å². The molecule has 1 aromatic carbocycles. The highest BCUT2D eigenvalue weighted by Crippen LogP contribution is 2.17. The fourth-order valence-corrected chi connectivity index (χ4v) is 1.71. The van der Waals surface area contributed by atoms with Crippen LogP contribution in [-0.2, 0) is 0 Å². The predicted molar refractivity (Wildman–Crippen MR) is 60.0 cm³/mol. The Hall–Kier alpha value is -1.62. The maximum absolute atomic E-state index is 5.15. The molecule has 0 aliphatic carbocycles. The fourth-order valence-electron chi connectivity index (χ4n) is 1.43. The number of nitrogens with zero attached hydrogens (tertiary/aromatic N) is 2. The molecule has 1 heterocycles. The number of aromatic nitrogens is 3. The number of rotatable bonds is 2. The van der Waals surface area contributed by atoms with Crippen LogP contribution in [0.15, 0.2) is 24.3 Å². The van der Waals surface area contributed by atoms with Gasteiger partial charge < -0.3 is 4.74 Å². The number of methoxy groups -OCH3 is 1. The van der Waals surface area contributed by atoms with E-state index < -0.39 is 0 Å². The first-order valence-electron chi connectivity index (χ1n) is 4.51. The van der Waals surface area contributed by atoms with E-state index in [4.69, 9.17) is 17.0 Å². The zero-order valence-electron chi connectivity index (χ0n) is 8.52. The van der Waals surface area contributed by atoms with Crippen LogP contribution in [0, 0.1) is 11.7 Å². The minimum Gasteiger partial charge on any atom is -0.497 e. The van der Waals surface area contributed by atoms with E-state index in [9.17, 15) is 0 Å². The Kier molecular flexibility index (Phi) is 2.55. The van der Waals surface area contributed by atoms with Crippen molar-refractivity contribution in [1.29, 1.82) is 0 Å². The number of H-pyrrole nitrogens is 1. The van der Waals surface area contributed by atoms with Gasteiger partial charge in [-0.05, 0) is 31.3 Å². The molecule has 1 aromatic heterocycles. The SMILES string of the molecule is COc1cccc(-n2c(C)n[nH]c2=S)c1. The molecule has 15 heavy (non-hydrogen) atoms. The average molecular weight is 221 g/mol. The van der Waals surface area contributed by atoms with E-state index in [0.29, 0.717) is 4.77 Å². The molecule has 0 aliphatic rings. The number of hydrogen-bond donors (Lipinski definition) is 1. The van der Waals surface area contributed by atoms with Gasteiger partial charge in [0.05, 0.1) is 12.8 Å². The Bertz CT molecular complexity index is 529. The third kappa shape index (κ3) is 1.78. The van der Waals surface area contributed by atoms with E-state index in [0.717, 1.165) is 17.3 Å². The molecule has 0 aliphatic heterocycles. The van der Waals surface area contributed by atoms with Gasteiger partial charge in [-0.2, -0.15) is 5.10 Å². The maximum atomic E-state index is 5.15. The highest BCUT2D eigenvalue weighted by Gasteiger charge is 2.04. The second-order valence-corrected chi connectivity index (χ2v) is 3.50. The van der Waals surface area contributed by atoms with Gasteiger partial charge in [-0.3, -0.25) is 9.67 Å². The number of ether oxygens (including phenoxy) is 1. The van der Waals surface area contributed by atoms with Crippen molar-refractivity contribution in [1.82, 2.24) is 14.8 Å². The van der Waals surface area contributed by atoms with Crippen LogP contribution in [0.3, 0.4) is 0 Å². The number of benzene rings is 1. The first kappa shape index (κ1) is 9.92. The lowest BCUT2D eigenvalue weighted by Gasteiger charge is -2.05. The van der Waals surface area contributed by atoms with E-state index in [1.54, 1.807) is 7.11 Å². The normalized spacial score (nSPS) is 10.3. The molecule has 0 spiro atoms. The van der Waals surface area contributed by atoms with E-state index >= 15 is 0 Å². The lowest BCUT2D eigenvalue weighted by atomic mass is 10.3. The molecule has 0 saturated heterocycles. The lowest BCUT2D eigenvalue weighted by Crippen LogP contribution is -1.97. The smallest absolute Gasteiger partial charge is 0.199 e. The van der Waals surface area contributed by atoms with Crippen LogP contribution in [0.2, 0.25) is 0 Å². The van der Waals surface area contributed by atoms with E-state index in [-0.39, 0.29) is 0 Å². The van der Waals surface area contributed by atoms with Crippen molar-refractivity contribution in [2.45, 2.75) is 6.92 Å². The largest absolute Gasteiger partial charge is 0.497 e. The monoisotopic (exact) mass is 221 g/mol. The van der Waals surface area contributed by atoms with Crippen molar-refractivity contribution in [2.24, 2.45) is 0 Å². The van der Waals surface area contributed by atoms with Crippen molar-refractivity contribution in [3.63, 3.8) is 0 Å². The molecule has 0 amide bonds. The van der Waals surface area contributed by atoms with E-state index in [2.05, 4.69) is 10.2 Å². The zero-order valence-corrected chi connectivity index (χ0v) is 9.34. The summed E-state index contributed by atoms with van der Waals surface area (Å²) in [5, 5.41) is 6.80. The number of aromatic amines is 1. The molecule has 0 fully saturated rings. The molecule has 0 saturated carbocycles. The lowest BCUT2D eigenvalue weighted by molar-refractivity contribution is 0.414. The summed E-state index contributed by atoms with van der Waals surface area (Å²) < 4.78 is 7.60. The van der Waals surface area contributed by atoms with Gasteiger partial charge in [0, 0.05) is 6.07 Å². The summed E-state index contributed by atoms with van der Waals surface area (Å²) in [5.74, 6) is 1.63. The van der Waals surface area contributed by atoms with Crippen molar-refractivity contribution < 1.29 is 4.74 Å². The molecule has 0 bridgehead atoms. The summed E-state index contributed by atoms with van der Waals surface area (Å²) in [6, 6.07) is 7.68. The number of hydrogen-bond acceptors (Lipinski definition) is 3. The molecular weight excluding hydrogens is 210 g/mol.